The van der Waals surface area contributed by atoms with Gasteiger partial charge in [-0.25, -0.2) is 9.38 Å². The van der Waals surface area contributed by atoms with E-state index in [-0.39, 0.29) is 18.1 Å². The average Bonchev–Trinajstić information content (AvgIpc) is 2.61. The van der Waals surface area contributed by atoms with E-state index >= 15 is 0 Å². The summed E-state index contributed by atoms with van der Waals surface area (Å²) >= 11 is 3.24. The minimum Gasteiger partial charge on any atom is -0.366 e. The lowest BCUT2D eigenvalue weighted by molar-refractivity contribution is 0.0999. The summed E-state index contributed by atoms with van der Waals surface area (Å²) in [6.45, 7) is 6.86. The SMILES string of the molecule is CCN(C)/C=N\c1cc(C)c(C(=O)CN(C)c2ccc(Br)cc2F)cc1C. The quantitative estimate of drug-likeness (QED) is 0.344. The molecule has 2 aromatic rings. The molecule has 0 aliphatic heterocycles. The van der Waals surface area contributed by atoms with Crippen LogP contribution in [0, 0.1) is 19.7 Å². The molecule has 0 amide bonds. The van der Waals surface area contributed by atoms with Gasteiger partial charge in [0.15, 0.2) is 5.78 Å². The molecule has 2 rings (SSSR count). The van der Waals surface area contributed by atoms with Gasteiger partial charge >= 0.3 is 0 Å². The van der Waals surface area contributed by atoms with Crippen molar-refractivity contribution in [1.82, 2.24) is 4.90 Å². The Labute approximate surface area is 168 Å². The number of aliphatic imine (C=N–C) groups is 1. The van der Waals surface area contributed by atoms with Crippen LogP contribution in [0.2, 0.25) is 0 Å². The van der Waals surface area contributed by atoms with Gasteiger partial charge in [-0.05, 0) is 62.2 Å². The van der Waals surface area contributed by atoms with Crippen LogP contribution in [0.3, 0.4) is 0 Å². The molecule has 27 heavy (non-hydrogen) atoms. The predicted octanol–water partition coefficient (Wildman–Crippen LogP) is 5.14. The third-order valence-electron chi connectivity index (χ3n) is 4.44. The summed E-state index contributed by atoms with van der Waals surface area (Å²) in [6, 6.07) is 8.60. The highest BCUT2D eigenvalue weighted by Crippen LogP contribution is 2.25. The zero-order chi connectivity index (χ0) is 20.1. The van der Waals surface area contributed by atoms with Crippen LogP contribution in [-0.2, 0) is 0 Å². The Morgan fingerprint density at radius 2 is 1.89 bits per heavy atom. The molecule has 0 aliphatic carbocycles. The van der Waals surface area contributed by atoms with Crippen molar-refractivity contribution in [2.24, 2.45) is 4.99 Å². The minimum atomic E-state index is -0.364. The molecule has 0 saturated carbocycles. The summed E-state index contributed by atoms with van der Waals surface area (Å²) in [5, 5.41) is 0. The number of nitrogens with zero attached hydrogens (tertiary/aromatic N) is 3. The van der Waals surface area contributed by atoms with Gasteiger partial charge in [-0.1, -0.05) is 15.9 Å². The first kappa shape index (κ1) is 21.1. The number of rotatable bonds is 7. The van der Waals surface area contributed by atoms with Gasteiger partial charge in [-0.3, -0.25) is 4.79 Å². The van der Waals surface area contributed by atoms with Gasteiger partial charge in [0.25, 0.3) is 0 Å². The van der Waals surface area contributed by atoms with Crippen LogP contribution in [0.15, 0.2) is 39.8 Å². The van der Waals surface area contributed by atoms with E-state index in [0.29, 0.717) is 15.7 Å². The lowest BCUT2D eigenvalue weighted by Gasteiger charge is -2.20. The number of anilines is 1. The van der Waals surface area contributed by atoms with Crippen molar-refractivity contribution in [3.05, 3.63) is 57.3 Å². The molecule has 0 unspecified atom stereocenters. The highest BCUT2D eigenvalue weighted by molar-refractivity contribution is 9.10. The molecular formula is C21H25BrFN3O. The second-order valence-electron chi connectivity index (χ2n) is 6.65. The van der Waals surface area contributed by atoms with Crippen LogP contribution < -0.4 is 4.90 Å². The molecule has 0 atom stereocenters. The molecule has 0 saturated heterocycles. The Balaban J connectivity index is 2.21. The van der Waals surface area contributed by atoms with E-state index in [0.717, 1.165) is 23.4 Å². The van der Waals surface area contributed by atoms with Crippen LogP contribution in [0.25, 0.3) is 0 Å². The third kappa shape index (κ3) is 5.39. The number of carbonyl (C=O) groups is 1. The number of aryl methyl sites for hydroxylation is 2. The number of carbonyl (C=O) groups excluding carboxylic acids is 1. The van der Waals surface area contributed by atoms with Crippen molar-refractivity contribution >= 4 is 39.4 Å². The molecular weight excluding hydrogens is 409 g/mol. The van der Waals surface area contributed by atoms with E-state index in [1.807, 2.05) is 37.9 Å². The van der Waals surface area contributed by atoms with Gasteiger partial charge < -0.3 is 9.80 Å². The fourth-order valence-corrected chi connectivity index (χ4v) is 2.99. The molecule has 2 aromatic carbocycles. The first-order valence-electron chi connectivity index (χ1n) is 8.78. The average molecular weight is 434 g/mol. The van der Waals surface area contributed by atoms with Crippen LogP contribution in [-0.4, -0.2) is 44.2 Å². The molecule has 0 aliphatic rings. The van der Waals surface area contributed by atoms with Gasteiger partial charge in [-0.2, -0.15) is 0 Å². The fraction of sp³-hybridized carbons (Fsp3) is 0.333. The van der Waals surface area contributed by atoms with Crippen LogP contribution in [0.5, 0.6) is 0 Å². The fourth-order valence-electron chi connectivity index (χ4n) is 2.66. The highest BCUT2D eigenvalue weighted by Gasteiger charge is 2.16. The highest BCUT2D eigenvalue weighted by atomic mass is 79.9. The molecule has 0 bridgehead atoms. The van der Waals surface area contributed by atoms with Gasteiger partial charge in [0, 0.05) is 30.7 Å². The minimum absolute atomic E-state index is 0.0541. The topological polar surface area (TPSA) is 35.9 Å². The monoisotopic (exact) mass is 433 g/mol. The predicted molar refractivity (Wildman–Crippen MR) is 114 cm³/mol. The second-order valence-corrected chi connectivity index (χ2v) is 7.56. The normalized spacial score (nSPS) is 11.1. The van der Waals surface area contributed by atoms with Gasteiger partial charge in [0.05, 0.1) is 24.3 Å². The number of likely N-dealkylation sites (N-methyl/N-ethyl adjacent to an activating group) is 1. The number of hydrogen-bond acceptors (Lipinski definition) is 3. The van der Waals surface area contributed by atoms with E-state index in [1.165, 1.54) is 6.07 Å². The van der Waals surface area contributed by atoms with E-state index in [1.54, 1.807) is 30.4 Å². The Hall–Kier alpha value is -2.21. The third-order valence-corrected chi connectivity index (χ3v) is 4.93. The maximum atomic E-state index is 14.1. The summed E-state index contributed by atoms with van der Waals surface area (Å²) < 4.78 is 14.8. The molecule has 0 heterocycles. The first-order valence-corrected chi connectivity index (χ1v) is 9.57. The molecule has 0 N–H and O–H groups in total. The van der Waals surface area contributed by atoms with Crippen molar-refractivity contribution in [3.63, 3.8) is 0 Å². The van der Waals surface area contributed by atoms with Crippen molar-refractivity contribution in [2.75, 3.05) is 32.1 Å². The second kappa shape index (κ2) is 9.13. The smallest absolute Gasteiger partial charge is 0.182 e. The maximum absolute atomic E-state index is 14.1. The van der Waals surface area contributed by atoms with E-state index in [9.17, 15) is 9.18 Å². The van der Waals surface area contributed by atoms with Crippen molar-refractivity contribution in [1.29, 1.82) is 0 Å². The molecule has 6 heteroatoms. The lowest BCUT2D eigenvalue weighted by Crippen LogP contribution is -2.27. The van der Waals surface area contributed by atoms with Crippen LogP contribution in [0.1, 0.15) is 28.4 Å². The van der Waals surface area contributed by atoms with E-state index < -0.39 is 0 Å². The summed E-state index contributed by atoms with van der Waals surface area (Å²) in [7, 11) is 3.67. The zero-order valence-electron chi connectivity index (χ0n) is 16.4. The Morgan fingerprint density at radius 1 is 1.19 bits per heavy atom. The molecule has 0 fully saturated rings. The van der Waals surface area contributed by atoms with Crippen LogP contribution >= 0.6 is 15.9 Å². The number of Topliss-reactive ketones (excluding diaryl/α,β-unsaturated/α-hetero) is 1. The standard InChI is InChI=1S/C21H25BrFN3O/c1-6-25(4)13-24-19-10-14(2)17(9-15(19)3)21(27)12-26(5)20-8-7-16(22)11-18(20)23/h7-11,13H,6,12H2,1-5H3/b24-13-. The van der Waals surface area contributed by atoms with Crippen molar-refractivity contribution < 1.29 is 9.18 Å². The van der Waals surface area contributed by atoms with E-state index in [4.69, 9.17) is 0 Å². The molecule has 144 valence electrons. The number of benzene rings is 2. The summed E-state index contributed by atoms with van der Waals surface area (Å²) in [6.07, 6.45) is 1.79. The molecule has 0 radical (unpaired) electrons. The van der Waals surface area contributed by atoms with Gasteiger partial charge in [-0.15, -0.1) is 0 Å². The van der Waals surface area contributed by atoms with Crippen LogP contribution in [0.4, 0.5) is 15.8 Å². The first-order chi connectivity index (χ1) is 12.7. The Morgan fingerprint density at radius 3 is 2.52 bits per heavy atom. The number of ketones is 1. The molecule has 4 nitrogen and oxygen atoms in total. The molecule has 0 spiro atoms. The maximum Gasteiger partial charge on any atom is 0.182 e. The molecule has 0 aromatic heterocycles. The summed E-state index contributed by atoms with van der Waals surface area (Å²) in [5.74, 6) is -0.418. The summed E-state index contributed by atoms with van der Waals surface area (Å²) in [5.41, 5.74) is 3.67. The summed E-state index contributed by atoms with van der Waals surface area (Å²) in [4.78, 5) is 20.9. The zero-order valence-corrected chi connectivity index (χ0v) is 18.0. The largest absolute Gasteiger partial charge is 0.366 e. The Kier molecular flexibility index (Phi) is 7.13. The van der Waals surface area contributed by atoms with Gasteiger partial charge in [0.1, 0.15) is 5.82 Å². The van der Waals surface area contributed by atoms with E-state index in [2.05, 4.69) is 27.8 Å². The van der Waals surface area contributed by atoms with Gasteiger partial charge in [0.2, 0.25) is 0 Å². The lowest BCUT2D eigenvalue weighted by atomic mass is 10.00. The number of hydrogen-bond donors (Lipinski definition) is 0. The van der Waals surface area contributed by atoms with Crippen molar-refractivity contribution in [2.45, 2.75) is 20.8 Å². The number of halogens is 2. The Bertz CT molecular complexity index is 867. The van der Waals surface area contributed by atoms with Crippen molar-refractivity contribution in [3.8, 4) is 0 Å².